The van der Waals surface area contributed by atoms with Crippen molar-refractivity contribution >= 4 is 16.6 Å². The van der Waals surface area contributed by atoms with E-state index in [1.807, 2.05) is 18.2 Å². The van der Waals surface area contributed by atoms with Gasteiger partial charge in [-0.15, -0.1) is 0 Å². The first-order valence-corrected chi connectivity index (χ1v) is 9.82. The monoisotopic (exact) mass is 429 g/mol. The highest BCUT2D eigenvalue weighted by atomic mass is 19.4. The van der Waals surface area contributed by atoms with Crippen molar-refractivity contribution in [1.29, 1.82) is 0 Å². The minimum Gasteiger partial charge on any atom is -0.398 e. The van der Waals surface area contributed by atoms with Crippen molar-refractivity contribution in [2.24, 2.45) is 11.5 Å². The zero-order valence-corrected chi connectivity index (χ0v) is 16.6. The summed E-state index contributed by atoms with van der Waals surface area (Å²) in [6.45, 7) is 1.85. The summed E-state index contributed by atoms with van der Waals surface area (Å²) in [6.07, 6.45) is 0.503. The Morgan fingerprint density at radius 3 is 2.58 bits per heavy atom. The maximum absolute atomic E-state index is 12.7. The minimum absolute atomic E-state index is 0.00798. The normalized spacial score (nSPS) is 15.7. The lowest BCUT2D eigenvalue weighted by molar-refractivity contribution is -0.0926. The number of H-pyrrole nitrogens is 1. The van der Waals surface area contributed by atoms with Gasteiger partial charge in [-0.25, -0.2) is 0 Å². The van der Waals surface area contributed by atoms with Gasteiger partial charge < -0.3 is 21.8 Å². The molecule has 1 aliphatic heterocycles. The first kappa shape index (κ1) is 20.8. The highest BCUT2D eigenvalue weighted by Gasteiger charge is 2.30. The lowest BCUT2D eigenvalue weighted by Gasteiger charge is -2.08. The lowest BCUT2D eigenvalue weighted by atomic mass is 10.1. The Hall–Kier alpha value is -3.46. The molecule has 0 saturated carbocycles. The number of hydrogen-bond donors (Lipinski definition) is 4. The number of alkyl halides is 3. The molecular formula is C22H22F3N5O. The van der Waals surface area contributed by atoms with Crippen LogP contribution in [-0.4, -0.2) is 28.8 Å². The smallest absolute Gasteiger partial charge is 0.398 e. The number of nitrogens with zero attached hydrogens (tertiary/aromatic N) is 1. The van der Waals surface area contributed by atoms with E-state index in [9.17, 15) is 18.0 Å². The molecule has 0 amide bonds. The fourth-order valence-electron chi connectivity index (χ4n) is 3.74. The van der Waals surface area contributed by atoms with Crippen LogP contribution in [0.5, 0.6) is 0 Å². The van der Waals surface area contributed by atoms with E-state index in [-0.39, 0.29) is 11.3 Å². The van der Waals surface area contributed by atoms with Gasteiger partial charge in [-0.2, -0.15) is 13.2 Å². The standard InChI is InChI=1S/C22H22F3N5O/c23-22(24,25)20(27)4-3-17(26)13-7-10-30(21(31)11-13)14-1-2-15-16-5-8-28-9-6-18(16)29-19(15)12-14/h1-4,7,10-12,28-29H,5-6,8-9,26-27H2/b17-3-,20-4-. The van der Waals surface area contributed by atoms with E-state index in [0.717, 1.165) is 42.9 Å². The van der Waals surface area contributed by atoms with Gasteiger partial charge in [0.15, 0.2) is 0 Å². The maximum atomic E-state index is 12.7. The second-order valence-electron chi connectivity index (χ2n) is 7.43. The number of benzene rings is 1. The van der Waals surface area contributed by atoms with Crippen LogP contribution in [0.3, 0.4) is 0 Å². The average molecular weight is 429 g/mol. The average Bonchev–Trinajstić information content (AvgIpc) is 2.90. The molecule has 0 aliphatic carbocycles. The molecule has 0 atom stereocenters. The lowest BCUT2D eigenvalue weighted by Crippen LogP contribution is -2.19. The molecule has 2 aromatic heterocycles. The summed E-state index contributed by atoms with van der Waals surface area (Å²) in [5.41, 5.74) is 13.7. The number of pyridine rings is 1. The third-order valence-corrected chi connectivity index (χ3v) is 5.38. The largest absolute Gasteiger partial charge is 0.430 e. The summed E-state index contributed by atoms with van der Waals surface area (Å²) in [4.78, 5) is 16.1. The van der Waals surface area contributed by atoms with Gasteiger partial charge in [0, 0.05) is 53.1 Å². The number of halogens is 3. The third kappa shape index (κ3) is 4.22. The Kier molecular flexibility index (Phi) is 5.36. The number of hydrogen-bond acceptors (Lipinski definition) is 4. The predicted molar refractivity (Wildman–Crippen MR) is 115 cm³/mol. The molecule has 3 aromatic rings. The Balaban J connectivity index is 1.65. The molecule has 0 radical (unpaired) electrons. The minimum atomic E-state index is -4.63. The summed E-state index contributed by atoms with van der Waals surface area (Å²) >= 11 is 0. The SMILES string of the molecule is N/C(=C\C=C(/N)C(F)(F)F)c1ccn(-c2ccc3c4c([nH]c3c2)CCNCC4)c(=O)c1. The van der Waals surface area contributed by atoms with E-state index in [4.69, 9.17) is 11.5 Å². The molecule has 0 unspecified atom stereocenters. The van der Waals surface area contributed by atoms with Crippen molar-refractivity contribution in [2.75, 3.05) is 13.1 Å². The molecule has 0 bridgehead atoms. The van der Waals surface area contributed by atoms with Crippen molar-refractivity contribution in [3.63, 3.8) is 0 Å². The maximum Gasteiger partial charge on any atom is 0.430 e. The van der Waals surface area contributed by atoms with Gasteiger partial charge >= 0.3 is 6.18 Å². The Bertz CT molecular complexity index is 1250. The van der Waals surface area contributed by atoms with Crippen LogP contribution in [0.2, 0.25) is 0 Å². The molecule has 162 valence electrons. The van der Waals surface area contributed by atoms with Crippen molar-refractivity contribution in [3.05, 3.63) is 81.6 Å². The van der Waals surface area contributed by atoms with E-state index in [2.05, 4.69) is 10.3 Å². The van der Waals surface area contributed by atoms with Gasteiger partial charge in [0.1, 0.15) is 5.70 Å². The molecule has 1 aliphatic rings. The molecule has 1 aromatic carbocycles. The van der Waals surface area contributed by atoms with E-state index in [1.165, 1.54) is 21.9 Å². The van der Waals surface area contributed by atoms with E-state index in [0.29, 0.717) is 17.3 Å². The van der Waals surface area contributed by atoms with Gasteiger partial charge in [0.2, 0.25) is 0 Å². The number of aromatic nitrogens is 2. The van der Waals surface area contributed by atoms with Crippen LogP contribution in [0.15, 0.2) is 59.2 Å². The number of allylic oxidation sites excluding steroid dienone is 3. The molecule has 6 N–H and O–H groups in total. The predicted octanol–water partition coefficient (Wildman–Crippen LogP) is 2.71. The summed E-state index contributed by atoms with van der Waals surface area (Å²) in [5.74, 6) is 0. The second-order valence-corrected chi connectivity index (χ2v) is 7.43. The molecule has 0 fully saturated rings. The molecule has 6 nitrogen and oxygen atoms in total. The summed E-state index contributed by atoms with van der Waals surface area (Å²) < 4.78 is 38.9. The van der Waals surface area contributed by atoms with Crippen molar-refractivity contribution in [1.82, 2.24) is 14.9 Å². The fourth-order valence-corrected chi connectivity index (χ4v) is 3.74. The summed E-state index contributed by atoms with van der Waals surface area (Å²) in [7, 11) is 0. The van der Waals surface area contributed by atoms with Gasteiger partial charge in [-0.1, -0.05) is 6.07 Å². The molecule has 9 heteroatoms. The Labute approximate surface area is 176 Å². The number of nitrogens with one attached hydrogen (secondary N) is 2. The van der Waals surface area contributed by atoms with Crippen LogP contribution in [0.25, 0.3) is 22.3 Å². The molecule has 4 rings (SSSR count). The van der Waals surface area contributed by atoms with Crippen molar-refractivity contribution in [3.8, 4) is 5.69 Å². The van der Waals surface area contributed by atoms with Crippen LogP contribution < -0.4 is 22.3 Å². The number of fused-ring (bicyclic) bond motifs is 3. The van der Waals surface area contributed by atoms with Crippen molar-refractivity contribution in [2.45, 2.75) is 19.0 Å². The van der Waals surface area contributed by atoms with E-state index >= 15 is 0 Å². The third-order valence-electron chi connectivity index (χ3n) is 5.38. The summed E-state index contributed by atoms with van der Waals surface area (Å²) in [6, 6.07) is 8.66. The van der Waals surface area contributed by atoms with Crippen LogP contribution in [0.1, 0.15) is 16.8 Å². The van der Waals surface area contributed by atoms with Crippen molar-refractivity contribution < 1.29 is 13.2 Å². The zero-order valence-electron chi connectivity index (χ0n) is 16.6. The molecular weight excluding hydrogens is 407 g/mol. The number of aromatic amines is 1. The number of nitrogens with two attached hydrogens (primary N) is 2. The number of rotatable bonds is 3. The van der Waals surface area contributed by atoms with Crippen LogP contribution in [-0.2, 0) is 12.8 Å². The molecule has 31 heavy (non-hydrogen) atoms. The molecule has 3 heterocycles. The van der Waals surface area contributed by atoms with Gasteiger partial charge in [0.25, 0.3) is 5.56 Å². The van der Waals surface area contributed by atoms with Crippen LogP contribution in [0, 0.1) is 0 Å². The second kappa shape index (κ2) is 7.99. The highest BCUT2D eigenvalue weighted by molar-refractivity contribution is 5.86. The molecule has 0 spiro atoms. The quantitative estimate of drug-likeness (QED) is 0.481. The van der Waals surface area contributed by atoms with Crippen LogP contribution in [0.4, 0.5) is 13.2 Å². The van der Waals surface area contributed by atoms with Gasteiger partial charge in [-0.05, 0) is 48.9 Å². The van der Waals surface area contributed by atoms with Crippen LogP contribution >= 0.6 is 0 Å². The first-order valence-electron chi connectivity index (χ1n) is 9.82. The van der Waals surface area contributed by atoms with E-state index in [1.54, 1.807) is 12.3 Å². The topological polar surface area (TPSA) is 102 Å². The first-order chi connectivity index (χ1) is 14.7. The Morgan fingerprint density at radius 1 is 1.06 bits per heavy atom. The zero-order chi connectivity index (χ0) is 22.2. The van der Waals surface area contributed by atoms with E-state index < -0.39 is 11.9 Å². The molecule has 0 saturated heterocycles. The van der Waals surface area contributed by atoms with Gasteiger partial charge in [-0.3, -0.25) is 9.36 Å². The fraction of sp³-hybridized carbons (Fsp3) is 0.227. The highest BCUT2D eigenvalue weighted by Crippen LogP contribution is 2.26. The summed E-state index contributed by atoms with van der Waals surface area (Å²) in [5, 5.41) is 4.53. The van der Waals surface area contributed by atoms with Gasteiger partial charge in [0.05, 0.1) is 5.69 Å². The Morgan fingerprint density at radius 2 is 1.84 bits per heavy atom.